The van der Waals surface area contributed by atoms with Gasteiger partial charge in [0.2, 0.25) is 0 Å². The molecular weight excluding hydrogens is 266 g/mol. The number of hydrazone groups is 1. The predicted octanol–water partition coefficient (Wildman–Crippen LogP) is 0.358. The zero-order valence-corrected chi connectivity index (χ0v) is 12.4. The molecule has 1 aliphatic carbocycles. The van der Waals surface area contributed by atoms with Crippen LogP contribution < -0.4 is 4.90 Å². The van der Waals surface area contributed by atoms with Crippen molar-refractivity contribution in [1.82, 2.24) is 5.01 Å². The summed E-state index contributed by atoms with van der Waals surface area (Å²) in [6.45, 7) is 5.61. The van der Waals surface area contributed by atoms with Crippen molar-refractivity contribution in [2.75, 3.05) is 33.2 Å². The third-order valence-electron chi connectivity index (χ3n) is 4.14. The molecule has 0 unspecified atom stereocenters. The van der Waals surface area contributed by atoms with E-state index in [0.717, 1.165) is 26.2 Å². The summed E-state index contributed by atoms with van der Waals surface area (Å²) in [5.41, 5.74) is 2.09. The standard InChI is InChI=1S/C16H19N3O2/c1-11(17-19-9-7-18(2)8-10-19)14-15(20)12-5-3-4-6-13(12)16(14)21/h3-6,20H,7-10H2,1-2H3/p+1. The molecule has 2 aliphatic rings. The first-order valence-electron chi connectivity index (χ1n) is 7.27. The average Bonchev–Trinajstić information content (AvgIpc) is 2.74. The zero-order valence-electron chi connectivity index (χ0n) is 12.4. The Balaban J connectivity index is 1.87. The lowest BCUT2D eigenvalue weighted by Gasteiger charge is -2.28. The molecule has 5 heteroatoms. The molecule has 1 saturated heterocycles. The van der Waals surface area contributed by atoms with Crippen molar-refractivity contribution in [2.45, 2.75) is 6.92 Å². The average molecular weight is 286 g/mol. The summed E-state index contributed by atoms with van der Waals surface area (Å²) in [5.74, 6) is -0.0827. The van der Waals surface area contributed by atoms with E-state index < -0.39 is 0 Å². The van der Waals surface area contributed by atoms with Crippen molar-refractivity contribution in [2.24, 2.45) is 5.10 Å². The molecule has 1 aliphatic heterocycles. The predicted molar refractivity (Wildman–Crippen MR) is 81.6 cm³/mol. The molecule has 0 aromatic heterocycles. The third kappa shape index (κ3) is 2.45. The van der Waals surface area contributed by atoms with E-state index in [9.17, 15) is 9.90 Å². The Labute approximate surface area is 124 Å². The van der Waals surface area contributed by atoms with Gasteiger partial charge in [-0.05, 0) is 6.92 Å². The van der Waals surface area contributed by atoms with Crippen LogP contribution in [0.4, 0.5) is 0 Å². The van der Waals surface area contributed by atoms with E-state index in [1.54, 1.807) is 19.1 Å². The molecule has 0 radical (unpaired) electrons. The fourth-order valence-corrected chi connectivity index (χ4v) is 2.84. The maximum Gasteiger partial charge on any atom is 0.199 e. The van der Waals surface area contributed by atoms with Crippen LogP contribution >= 0.6 is 0 Å². The van der Waals surface area contributed by atoms with E-state index in [4.69, 9.17) is 0 Å². The van der Waals surface area contributed by atoms with Gasteiger partial charge in [-0.25, -0.2) is 0 Å². The van der Waals surface area contributed by atoms with Crippen molar-refractivity contribution in [3.8, 4) is 0 Å². The monoisotopic (exact) mass is 286 g/mol. The van der Waals surface area contributed by atoms with Gasteiger partial charge in [0, 0.05) is 11.1 Å². The number of nitrogens with zero attached hydrogens (tertiary/aromatic N) is 2. The highest BCUT2D eigenvalue weighted by Gasteiger charge is 2.31. The lowest BCUT2D eigenvalue weighted by Crippen LogP contribution is -3.11. The Morgan fingerprint density at radius 1 is 1.24 bits per heavy atom. The van der Waals surface area contributed by atoms with Crippen molar-refractivity contribution < 1.29 is 14.8 Å². The molecule has 0 spiro atoms. The number of rotatable bonds is 2. The minimum Gasteiger partial charge on any atom is -0.506 e. The molecule has 1 fully saturated rings. The summed E-state index contributed by atoms with van der Waals surface area (Å²) in [6, 6.07) is 7.14. The molecule has 21 heavy (non-hydrogen) atoms. The van der Waals surface area contributed by atoms with Gasteiger partial charge in [-0.3, -0.25) is 9.80 Å². The number of aliphatic hydroxyl groups is 1. The quantitative estimate of drug-likeness (QED) is 0.772. The van der Waals surface area contributed by atoms with Crippen LogP contribution in [0.25, 0.3) is 5.76 Å². The lowest BCUT2D eigenvalue weighted by atomic mass is 10.1. The maximum atomic E-state index is 12.4. The minimum absolute atomic E-state index is 0.0524. The zero-order chi connectivity index (χ0) is 15.0. The number of nitrogens with one attached hydrogen (secondary N) is 1. The summed E-state index contributed by atoms with van der Waals surface area (Å²) in [5, 5.41) is 16.8. The molecule has 110 valence electrons. The van der Waals surface area contributed by atoms with Crippen molar-refractivity contribution in [3.05, 3.63) is 41.0 Å². The molecule has 5 nitrogen and oxygen atoms in total. The Morgan fingerprint density at radius 2 is 1.86 bits per heavy atom. The number of piperazine rings is 1. The molecular formula is C16H20N3O2+. The molecule has 3 rings (SSSR count). The topological polar surface area (TPSA) is 57.3 Å². The molecule has 2 N–H and O–H groups in total. The molecule has 1 heterocycles. The number of hydrogen-bond acceptors (Lipinski definition) is 4. The highest BCUT2D eigenvalue weighted by atomic mass is 16.3. The fraction of sp³-hybridized carbons (Fsp3) is 0.375. The fourth-order valence-electron chi connectivity index (χ4n) is 2.84. The summed E-state index contributed by atoms with van der Waals surface area (Å²) in [4.78, 5) is 13.9. The van der Waals surface area contributed by atoms with Crippen LogP contribution in [0.2, 0.25) is 0 Å². The Hall–Kier alpha value is -2.14. The highest BCUT2D eigenvalue weighted by molar-refractivity contribution is 6.35. The number of allylic oxidation sites excluding steroid dienone is 1. The third-order valence-corrected chi connectivity index (χ3v) is 4.14. The van der Waals surface area contributed by atoms with Gasteiger partial charge in [0.15, 0.2) is 5.78 Å². The Bertz CT molecular complexity index is 641. The molecule has 0 amide bonds. The maximum absolute atomic E-state index is 12.4. The summed E-state index contributed by atoms with van der Waals surface area (Å²) in [6.07, 6.45) is 0. The summed E-state index contributed by atoms with van der Waals surface area (Å²) >= 11 is 0. The van der Waals surface area contributed by atoms with Gasteiger partial charge in [-0.2, -0.15) is 5.10 Å². The number of Topliss-reactive ketones (excluding diaryl/α,β-unsaturated/α-hetero) is 1. The van der Waals surface area contributed by atoms with Crippen LogP contribution in [0.5, 0.6) is 0 Å². The number of likely N-dealkylation sites (N-methyl/N-ethyl adjacent to an activating group) is 1. The van der Waals surface area contributed by atoms with Crippen LogP contribution in [-0.2, 0) is 0 Å². The second-order valence-electron chi connectivity index (χ2n) is 5.69. The van der Waals surface area contributed by atoms with Gasteiger partial charge < -0.3 is 10.0 Å². The summed E-state index contributed by atoms with van der Waals surface area (Å²) in [7, 11) is 2.17. The van der Waals surface area contributed by atoms with Gasteiger partial charge in [0.1, 0.15) is 5.76 Å². The number of fused-ring (bicyclic) bond motifs is 1. The molecule has 0 atom stereocenters. The molecule has 0 bridgehead atoms. The van der Waals surface area contributed by atoms with Gasteiger partial charge >= 0.3 is 0 Å². The van der Waals surface area contributed by atoms with E-state index in [1.807, 2.05) is 17.1 Å². The van der Waals surface area contributed by atoms with E-state index in [1.165, 1.54) is 4.90 Å². The molecule has 1 aromatic rings. The first-order chi connectivity index (χ1) is 10.1. The van der Waals surface area contributed by atoms with Crippen LogP contribution in [0.15, 0.2) is 34.9 Å². The van der Waals surface area contributed by atoms with E-state index in [0.29, 0.717) is 22.4 Å². The van der Waals surface area contributed by atoms with Crippen LogP contribution in [0.1, 0.15) is 22.8 Å². The minimum atomic E-state index is -0.135. The number of ketones is 1. The second kappa shape index (κ2) is 5.33. The number of quaternary nitrogens is 1. The largest absolute Gasteiger partial charge is 0.506 e. The van der Waals surface area contributed by atoms with Gasteiger partial charge in [0.25, 0.3) is 0 Å². The first kappa shape index (κ1) is 13.8. The van der Waals surface area contributed by atoms with E-state index in [2.05, 4.69) is 12.1 Å². The highest BCUT2D eigenvalue weighted by Crippen LogP contribution is 2.31. The molecule has 0 saturated carbocycles. The van der Waals surface area contributed by atoms with Crippen molar-refractivity contribution in [1.29, 1.82) is 0 Å². The smallest absolute Gasteiger partial charge is 0.199 e. The van der Waals surface area contributed by atoms with Gasteiger partial charge in [-0.15, -0.1) is 0 Å². The van der Waals surface area contributed by atoms with Crippen LogP contribution in [0, 0.1) is 0 Å². The lowest BCUT2D eigenvalue weighted by molar-refractivity contribution is -0.884. The number of aliphatic hydroxyl groups excluding tert-OH is 1. The second-order valence-corrected chi connectivity index (χ2v) is 5.69. The Morgan fingerprint density at radius 3 is 2.48 bits per heavy atom. The Kier molecular flexibility index (Phi) is 3.51. The van der Waals surface area contributed by atoms with Crippen molar-refractivity contribution >= 4 is 17.3 Å². The van der Waals surface area contributed by atoms with Gasteiger partial charge in [-0.1, -0.05) is 24.3 Å². The number of benzene rings is 1. The van der Waals surface area contributed by atoms with Gasteiger partial charge in [0.05, 0.1) is 44.5 Å². The number of carbonyl (C=O) groups is 1. The normalized spacial score (nSPS) is 20.2. The SMILES string of the molecule is CC(=NN1CC[NH+](C)CC1)C1=C(O)c2ccccc2C1=O. The van der Waals surface area contributed by atoms with E-state index >= 15 is 0 Å². The van der Waals surface area contributed by atoms with Crippen LogP contribution in [0.3, 0.4) is 0 Å². The van der Waals surface area contributed by atoms with Crippen LogP contribution in [-0.4, -0.2) is 54.8 Å². The molecule has 1 aromatic carbocycles. The van der Waals surface area contributed by atoms with E-state index in [-0.39, 0.29) is 11.5 Å². The number of hydrogen-bond donors (Lipinski definition) is 2. The van der Waals surface area contributed by atoms with Crippen molar-refractivity contribution in [3.63, 3.8) is 0 Å². The summed E-state index contributed by atoms with van der Waals surface area (Å²) < 4.78 is 0. The number of carbonyl (C=O) groups excluding carboxylic acids is 1. The first-order valence-corrected chi connectivity index (χ1v) is 7.27.